The molecule has 1 heterocycles. The van der Waals surface area contributed by atoms with E-state index in [-0.39, 0.29) is 11.3 Å². The summed E-state index contributed by atoms with van der Waals surface area (Å²) in [5, 5.41) is 11.3. The van der Waals surface area contributed by atoms with Gasteiger partial charge in [0, 0.05) is 11.3 Å². The number of methoxy groups -OCH3 is 3. The number of hydrogen-bond donors (Lipinski definition) is 1. The number of ketones is 1. The molecule has 36 heavy (non-hydrogen) atoms. The number of nitrogens with zero attached hydrogens (tertiary/aromatic N) is 1. The lowest BCUT2D eigenvalue weighted by molar-refractivity contribution is -0.132. The standard InChI is InChI=1S/C28H25NO7/c1-16-15-19(9-14-22(16)35-3)25(30)23-24(17-7-12-21(34-2)13-8-17)29(27(32)26(23)31)20-10-5-18(6-11-20)28(33)36-4/h5-15,24,30H,1-4H3/b25-23-. The molecule has 184 valence electrons. The molecule has 1 aliphatic rings. The summed E-state index contributed by atoms with van der Waals surface area (Å²) in [6.07, 6.45) is 0. The largest absolute Gasteiger partial charge is 0.507 e. The molecule has 1 unspecified atom stereocenters. The third kappa shape index (κ3) is 4.29. The Bertz CT molecular complexity index is 1360. The van der Waals surface area contributed by atoms with Gasteiger partial charge in [-0.3, -0.25) is 14.5 Å². The van der Waals surface area contributed by atoms with Crippen LogP contribution in [-0.2, 0) is 14.3 Å². The Balaban J connectivity index is 1.89. The normalized spacial score (nSPS) is 16.7. The molecule has 0 radical (unpaired) electrons. The van der Waals surface area contributed by atoms with E-state index in [1.54, 1.807) is 61.7 Å². The van der Waals surface area contributed by atoms with Crippen molar-refractivity contribution >= 4 is 29.1 Å². The summed E-state index contributed by atoms with van der Waals surface area (Å²) in [5.74, 6) is -1.21. The molecule has 3 aromatic rings. The van der Waals surface area contributed by atoms with Crippen molar-refractivity contribution in [1.82, 2.24) is 0 Å². The zero-order valence-electron chi connectivity index (χ0n) is 20.3. The molecule has 1 aliphatic heterocycles. The van der Waals surface area contributed by atoms with Gasteiger partial charge in [-0.05, 0) is 72.6 Å². The van der Waals surface area contributed by atoms with Crippen LogP contribution in [0.1, 0.15) is 33.1 Å². The number of carbonyl (C=O) groups is 3. The van der Waals surface area contributed by atoms with E-state index in [9.17, 15) is 19.5 Å². The Morgan fingerprint density at radius 2 is 1.50 bits per heavy atom. The SMILES string of the molecule is COC(=O)c1ccc(N2C(=O)C(=O)/C(=C(\O)c3ccc(OC)c(C)c3)C2c2ccc(OC)cc2)cc1. The van der Waals surface area contributed by atoms with E-state index in [2.05, 4.69) is 0 Å². The third-order valence-electron chi connectivity index (χ3n) is 6.11. The van der Waals surface area contributed by atoms with Crippen LogP contribution in [-0.4, -0.2) is 44.1 Å². The van der Waals surface area contributed by atoms with Crippen LogP contribution in [0.2, 0.25) is 0 Å². The second-order valence-corrected chi connectivity index (χ2v) is 8.17. The predicted molar refractivity (Wildman–Crippen MR) is 133 cm³/mol. The zero-order chi connectivity index (χ0) is 26.0. The van der Waals surface area contributed by atoms with E-state index >= 15 is 0 Å². The maximum absolute atomic E-state index is 13.3. The minimum Gasteiger partial charge on any atom is -0.507 e. The summed E-state index contributed by atoms with van der Waals surface area (Å²) in [4.78, 5) is 39.8. The number of carbonyl (C=O) groups excluding carboxylic acids is 3. The number of aliphatic hydroxyl groups is 1. The molecule has 1 saturated heterocycles. The first kappa shape index (κ1) is 24.5. The zero-order valence-corrected chi connectivity index (χ0v) is 20.3. The van der Waals surface area contributed by atoms with Crippen LogP contribution in [0, 0.1) is 6.92 Å². The highest BCUT2D eigenvalue weighted by Gasteiger charge is 2.47. The Morgan fingerprint density at radius 1 is 0.861 bits per heavy atom. The fourth-order valence-corrected chi connectivity index (χ4v) is 4.26. The van der Waals surface area contributed by atoms with Gasteiger partial charge in [0.1, 0.15) is 17.3 Å². The topological polar surface area (TPSA) is 102 Å². The molecule has 0 aromatic heterocycles. The Morgan fingerprint density at radius 3 is 2.06 bits per heavy atom. The fourth-order valence-electron chi connectivity index (χ4n) is 4.26. The molecule has 3 aromatic carbocycles. The average Bonchev–Trinajstić information content (AvgIpc) is 3.17. The van der Waals surface area contributed by atoms with E-state index in [0.29, 0.717) is 33.9 Å². The van der Waals surface area contributed by atoms with Crippen LogP contribution in [0.25, 0.3) is 5.76 Å². The number of rotatable bonds is 6. The first-order valence-electron chi connectivity index (χ1n) is 11.1. The lowest BCUT2D eigenvalue weighted by atomic mass is 9.94. The molecule has 1 N–H and O–H groups in total. The van der Waals surface area contributed by atoms with E-state index < -0.39 is 23.7 Å². The lowest BCUT2D eigenvalue weighted by Gasteiger charge is -2.25. The van der Waals surface area contributed by atoms with Gasteiger partial charge in [-0.1, -0.05) is 12.1 Å². The van der Waals surface area contributed by atoms with Gasteiger partial charge in [0.25, 0.3) is 11.7 Å². The van der Waals surface area contributed by atoms with Crippen molar-refractivity contribution in [3.63, 3.8) is 0 Å². The summed E-state index contributed by atoms with van der Waals surface area (Å²) in [6.45, 7) is 1.82. The Kier molecular flexibility index (Phi) is 6.78. The summed E-state index contributed by atoms with van der Waals surface area (Å²) in [6, 6.07) is 17.1. The number of anilines is 1. The van der Waals surface area contributed by atoms with Crippen molar-refractivity contribution < 1.29 is 33.7 Å². The van der Waals surface area contributed by atoms with Crippen LogP contribution in [0.5, 0.6) is 11.5 Å². The van der Waals surface area contributed by atoms with Crippen LogP contribution in [0.15, 0.2) is 72.3 Å². The Hall–Kier alpha value is -4.59. The van der Waals surface area contributed by atoms with Gasteiger partial charge >= 0.3 is 5.97 Å². The second kappa shape index (κ2) is 9.95. The molecule has 0 saturated carbocycles. The van der Waals surface area contributed by atoms with E-state index in [1.807, 2.05) is 6.92 Å². The third-order valence-corrected chi connectivity index (χ3v) is 6.11. The van der Waals surface area contributed by atoms with E-state index in [0.717, 1.165) is 5.56 Å². The Labute approximate surface area is 208 Å². The van der Waals surface area contributed by atoms with Crippen molar-refractivity contribution in [3.8, 4) is 11.5 Å². The highest BCUT2D eigenvalue weighted by atomic mass is 16.5. The molecule has 8 nitrogen and oxygen atoms in total. The van der Waals surface area contributed by atoms with Gasteiger partial charge in [-0.15, -0.1) is 0 Å². The van der Waals surface area contributed by atoms with Crippen molar-refractivity contribution in [2.75, 3.05) is 26.2 Å². The number of Topliss-reactive ketones (excluding diaryl/α,β-unsaturated/α-hetero) is 1. The lowest BCUT2D eigenvalue weighted by Crippen LogP contribution is -2.29. The number of aliphatic hydroxyl groups excluding tert-OH is 1. The molecule has 8 heteroatoms. The molecular weight excluding hydrogens is 462 g/mol. The van der Waals surface area contributed by atoms with Crippen LogP contribution >= 0.6 is 0 Å². The molecule has 0 bridgehead atoms. The van der Waals surface area contributed by atoms with E-state index in [4.69, 9.17) is 14.2 Å². The van der Waals surface area contributed by atoms with Gasteiger partial charge in [0.2, 0.25) is 0 Å². The van der Waals surface area contributed by atoms with Crippen molar-refractivity contribution in [1.29, 1.82) is 0 Å². The molecule has 1 atom stereocenters. The summed E-state index contributed by atoms with van der Waals surface area (Å²) >= 11 is 0. The van der Waals surface area contributed by atoms with Crippen molar-refractivity contribution in [2.45, 2.75) is 13.0 Å². The molecule has 4 rings (SSSR count). The smallest absolute Gasteiger partial charge is 0.337 e. The number of aryl methyl sites for hydroxylation is 1. The summed E-state index contributed by atoms with van der Waals surface area (Å²) in [5.41, 5.74) is 2.37. The molecule has 1 amide bonds. The van der Waals surface area contributed by atoms with Gasteiger partial charge in [0.05, 0.1) is 38.5 Å². The minimum absolute atomic E-state index is 0.0493. The van der Waals surface area contributed by atoms with Crippen LogP contribution < -0.4 is 14.4 Å². The number of hydrogen-bond acceptors (Lipinski definition) is 7. The second-order valence-electron chi connectivity index (χ2n) is 8.17. The average molecular weight is 488 g/mol. The van der Waals surface area contributed by atoms with Gasteiger partial charge in [-0.25, -0.2) is 4.79 Å². The summed E-state index contributed by atoms with van der Waals surface area (Å²) in [7, 11) is 4.36. The minimum atomic E-state index is -0.915. The number of benzene rings is 3. The number of ether oxygens (including phenoxy) is 3. The van der Waals surface area contributed by atoms with Gasteiger partial charge in [-0.2, -0.15) is 0 Å². The highest BCUT2D eigenvalue weighted by Crippen LogP contribution is 2.42. The first-order chi connectivity index (χ1) is 17.3. The fraction of sp³-hybridized carbons (Fsp3) is 0.179. The van der Waals surface area contributed by atoms with Gasteiger partial charge in [0.15, 0.2) is 0 Å². The maximum atomic E-state index is 13.3. The first-order valence-corrected chi connectivity index (χ1v) is 11.1. The van der Waals surface area contributed by atoms with Crippen molar-refractivity contribution in [2.24, 2.45) is 0 Å². The van der Waals surface area contributed by atoms with Crippen LogP contribution in [0.4, 0.5) is 5.69 Å². The van der Waals surface area contributed by atoms with Gasteiger partial charge < -0.3 is 19.3 Å². The molecular formula is C28H25NO7. The highest BCUT2D eigenvalue weighted by molar-refractivity contribution is 6.51. The van der Waals surface area contributed by atoms with Crippen molar-refractivity contribution in [3.05, 3.63) is 94.6 Å². The van der Waals surface area contributed by atoms with Crippen LogP contribution in [0.3, 0.4) is 0 Å². The predicted octanol–water partition coefficient (Wildman–Crippen LogP) is 4.43. The number of amides is 1. The number of esters is 1. The monoisotopic (exact) mass is 487 g/mol. The van der Waals surface area contributed by atoms with E-state index in [1.165, 1.54) is 31.3 Å². The maximum Gasteiger partial charge on any atom is 0.337 e. The molecule has 0 spiro atoms. The molecule has 0 aliphatic carbocycles. The summed E-state index contributed by atoms with van der Waals surface area (Å²) < 4.78 is 15.3. The quantitative estimate of drug-likeness (QED) is 0.238. The molecule has 1 fully saturated rings.